The van der Waals surface area contributed by atoms with Crippen LogP contribution < -0.4 is 40.0 Å². The number of carbonyl (C=O) groups is 3. The number of halogens is 1. The second kappa shape index (κ2) is 8.17. The topological polar surface area (TPSA) is 110 Å². The number of aliphatic carboxylic acids is 1. The minimum atomic E-state index is -1.43. The maximum Gasteiger partial charge on any atom is 1.00 e. The second-order valence-electron chi connectivity index (χ2n) is 5.06. The molecule has 23 heavy (non-hydrogen) atoms. The minimum Gasteiger partial charge on any atom is -0.543 e. The molecule has 2 aliphatic heterocycles. The van der Waals surface area contributed by atoms with Crippen LogP contribution in [0.25, 0.3) is 0 Å². The normalized spacial score (nSPS) is 24.6. The Morgan fingerprint density at radius 1 is 1.57 bits per heavy atom. The van der Waals surface area contributed by atoms with Crippen LogP contribution in [0.3, 0.4) is 0 Å². The number of nitrogens with zero attached hydrogens (tertiary/aromatic N) is 1. The standard InChI is InChI=1S/C13H15BrN2O5S.Na/c1-5(17)10-7-3-8(22-9(14)4-15-6(2)18)11(13(20)21)16(7)12(10)19;/h4-5,7,10,17H,3H2,1-2H3,(H,15,18)(H,20,21);/q;+1/p-1/t5-,7+,10+;/m0./s1. The first kappa shape index (κ1) is 20.7. The average Bonchev–Trinajstić information content (AvgIpc) is 2.70. The van der Waals surface area contributed by atoms with E-state index in [1.807, 2.05) is 0 Å². The number of hydrogen-bond acceptors (Lipinski definition) is 6. The van der Waals surface area contributed by atoms with Gasteiger partial charge in [-0.15, -0.1) is 0 Å². The van der Waals surface area contributed by atoms with Crippen LogP contribution in [0.4, 0.5) is 0 Å². The molecular formula is C13H14BrN2NaO5S. The molecule has 2 N–H and O–H groups in total. The van der Waals surface area contributed by atoms with E-state index in [0.29, 0.717) is 15.1 Å². The first-order valence-electron chi connectivity index (χ1n) is 6.50. The van der Waals surface area contributed by atoms with Gasteiger partial charge in [0.05, 0.1) is 33.5 Å². The van der Waals surface area contributed by atoms with Crippen LogP contribution in [0.2, 0.25) is 0 Å². The van der Waals surface area contributed by atoms with E-state index in [-0.39, 0.29) is 47.2 Å². The van der Waals surface area contributed by atoms with Gasteiger partial charge in [0, 0.05) is 24.4 Å². The van der Waals surface area contributed by atoms with E-state index in [1.165, 1.54) is 24.9 Å². The summed E-state index contributed by atoms with van der Waals surface area (Å²) in [6.45, 7) is 2.86. The molecule has 0 aromatic rings. The van der Waals surface area contributed by atoms with Gasteiger partial charge in [0.1, 0.15) is 0 Å². The Kier molecular flexibility index (Phi) is 7.36. The van der Waals surface area contributed by atoms with Crippen LogP contribution in [0.5, 0.6) is 0 Å². The van der Waals surface area contributed by atoms with E-state index in [9.17, 15) is 24.6 Å². The molecule has 2 heterocycles. The summed E-state index contributed by atoms with van der Waals surface area (Å²) in [5.74, 6) is -2.68. The third-order valence-corrected chi connectivity index (χ3v) is 5.12. The van der Waals surface area contributed by atoms with Crippen LogP contribution in [0, 0.1) is 5.92 Å². The first-order valence-corrected chi connectivity index (χ1v) is 8.11. The number of carbonyl (C=O) groups excluding carboxylic acids is 3. The van der Waals surface area contributed by atoms with Gasteiger partial charge < -0.3 is 25.2 Å². The van der Waals surface area contributed by atoms with Crippen molar-refractivity contribution in [2.45, 2.75) is 32.4 Å². The van der Waals surface area contributed by atoms with Crippen molar-refractivity contribution < 1.29 is 54.2 Å². The number of carboxylic acids is 1. The zero-order chi connectivity index (χ0) is 16.6. The molecule has 2 rings (SSSR count). The number of aliphatic hydroxyl groups excluding tert-OH is 1. The number of thioether (sulfide) groups is 1. The van der Waals surface area contributed by atoms with Gasteiger partial charge in [-0.2, -0.15) is 0 Å². The molecule has 0 saturated carbocycles. The van der Waals surface area contributed by atoms with Gasteiger partial charge in [-0.1, -0.05) is 11.8 Å². The van der Waals surface area contributed by atoms with Gasteiger partial charge >= 0.3 is 29.6 Å². The first-order chi connectivity index (χ1) is 10.2. The Balaban J connectivity index is 0.00000264. The Bertz CT molecular complexity index is 607. The van der Waals surface area contributed by atoms with Crippen molar-refractivity contribution in [1.29, 1.82) is 0 Å². The molecule has 0 aliphatic carbocycles. The van der Waals surface area contributed by atoms with Crippen molar-refractivity contribution in [1.82, 2.24) is 10.2 Å². The molecule has 3 atom stereocenters. The van der Waals surface area contributed by atoms with Gasteiger partial charge in [-0.25, -0.2) is 0 Å². The third-order valence-electron chi connectivity index (χ3n) is 3.49. The molecule has 10 heteroatoms. The molecule has 0 bridgehead atoms. The van der Waals surface area contributed by atoms with Crippen molar-refractivity contribution in [2.24, 2.45) is 5.92 Å². The molecule has 1 saturated heterocycles. The van der Waals surface area contributed by atoms with Gasteiger partial charge in [0.25, 0.3) is 0 Å². The van der Waals surface area contributed by atoms with Crippen molar-refractivity contribution in [3.63, 3.8) is 0 Å². The van der Waals surface area contributed by atoms with Crippen LogP contribution in [0.1, 0.15) is 20.3 Å². The molecule has 0 aromatic carbocycles. The number of hydrogen-bond donors (Lipinski definition) is 2. The molecule has 0 radical (unpaired) electrons. The van der Waals surface area contributed by atoms with Crippen LogP contribution in [-0.4, -0.2) is 39.9 Å². The molecule has 0 unspecified atom stereocenters. The van der Waals surface area contributed by atoms with E-state index in [1.54, 1.807) is 0 Å². The zero-order valence-electron chi connectivity index (χ0n) is 12.8. The van der Waals surface area contributed by atoms with Crippen LogP contribution in [-0.2, 0) is 14.4 Å². The van der Waals surface area contributed by atoms with Crippen LogP contribution in [0.15, 0.2) is 20.6 Å². The summed E-state index contributed by atoms with van der Waals surface area (Å²) in [5.41, 5.74) is -0.162. The third kappa shape index (κ3) is 4.21. The number of amides is 2. The largest absolute Gasteiger partial charge is 1.00 e. The summed E-state index contributed by atoms with van der Waals surface area (Å²) in [5, 5.41) is 23.4. The average molecular weight is 413 g/mol. The van der Waals surface area contributed by atoms with Gasteiger partial charge in [-0.05, 0) is 22.9 Å². The SMILES string of the molecule is CC(=O)NC=C(Br)SC1=C(C(=O)[O-])N2C(=O)[C@H]([C@H](C)O)[C@H]2C1.[Na+]. The molecule has 0 aromatic heterocycles. The summed E-state index contributed by atoms with van der Waals surface area (Å²) in [7, 11) is 0. The molecule has 7 nitrogen and oxygen atoms in total. The smallest absolute Gasteiger partial charge is 0.543 e. The maximum atomic E-state index is 12.0. The van der Waals surface area contributed by atoms with Crippen molar-refractivity contribution in [2.75, 3.05) is 0 Å². The number of aliphatic hydroxyl groups is 1. The maximum absolute atomic E-state index is 12.0. The predicted molar refractivity (Wildman–Crippen MR) is 80.9 cm³/mol. The summed E-state index contributed by atoms with van der Waals surface area (Å²) in [6, 6.07) is -0.357. The molecule has 0 spiro atoms. The number of nitrogens with one attached hydrogen (secondary N) is 1. The quantitative estimate of drug-likeness (QED) is 0.360. The fourth-order valence-electron chi connectivity index (χ4n) is 2.62. The summed E-state index contributed by atoms with van der Waals surface area (Å²) in [4.78, 5) is 35.8. The van der Waals surface area contributed by atoms with E-state index >= 15 is 0 Å². The Morgan fingerprint density at radius 3 is 2.65 bits per heavy atom. The fourth-order valence-corrected chi connectivity index (χ4v) is 4.20. The van der Waals surface area contributed by atoms with Gasteiger partial charge in [-0.3, -0.25) is 9.59 Å². The molecule has 1 fully saturated rings. The van der Waals surface area contributed by atoms with Crippen LogP contribution >= 0.6 is 27.7 Å². The van der Waals surface area contributed by atoms with Gasteiger partial charge in [0.2, 0.25) is 11.8 Å². The number of rotatable bonds is 5. The Morgan fingerprint density at radius 2 is 2.17 bits per heavy atom. The summed E-state index contributed by atoms with van der Waals surface area (Å²) in [6.07, 6.45) is 0.897. The van der Waals surface area contributed by atoms with E-state index < -0.39 is 23.9 Å². The van der Waals surface area contributed by atoms with E-state index in [4.69, 9.17) is 0 Å². The van der Waals surface area contributed by atoms with Crippen molar-refractivity contribution in [3.05, 3.63) is 20.6 Å². The van der Waals surface area contributed by atoms with E-state index in [0.717, 1.165) is 11.8 Å². The zero-order valence-corrected chi connectivity index (χ0v) is 17.2. The van der Waals surface area contributed by atoms with E-state index in [2.05, 4.69) is 21.2 Å². The molecular weight excluding hydrogens is 399 g/mol. The predicted octanol–water partition coefficient (Wildman–Crippen LogP) is -3.37. The number of β-lactam (4-membered cyclic amide) rings is 1. The van der Waals surface area contributed by atoms with Crippen molar-refractivity contribution in [3.8, 4) is 0 Å². The fraction of sp³-hybridized carbons (Fsp3) is 0.462. The summed E-state index contributed by atoms with van der Waals surface area (Å²) < 4.78 is 0.500. The van der Waals surface area contributed by atoms with Gasteiger partial charge in [0.15, 0.2) is 0 Å². The second-order valence-corrected chi connectivity index (χ2v) is 7.57. The summed E-state index contributed by atoms with van der Waals surface area (Å²) >= 11 is 4.32. The monoisotopic (exact) mass is 412 g/mol. The Hall–Kier alpha value is -0.320. The molecule has 120 valence electrons. The number of carboxylic acid groups (broad SMARTS) is 1. The Labute approximate surface area is 168 Å². The molecule has 2 amide bonds. The van der Waals surface area contributed by atoms with Crippen molar-refractivity contribution >= 4 is 45.5 Å². The molecule has 2 aliphatic rings. The minimum absolute atomic E-state index is 0. The number of fused-ring (bicyclic) bond motifs is 1.